The van der Waals surface area contributed by atoms with Crippen LogP contribution >= 0.6 is 12.4 Å². The maximum absolute atomic E-state index is 12.8. The standard InChI is InChI=1S/C10H12FNO.ClH/c1-13-10(6-12-7-10)8-2-4-9(11)5-3-8;/h2-5,12H,6-7H2,1H3;1H/i1D3;. The van der Waals surface area contributed by atoms with Crippen molar-refractivity contribution in [3.63, 3.8) is 0 Å². The molecule has 1 aromatic rings. The van der Waals surface area contributed by atoms with Crippen molar-refractivity contribution in [2.75, 3.05) is 20.1 Å². The van der Waals surface area contributed by atoms with Crippen LogP contribution in [0.1, 0.15) is 9.68 Å². The fourth-order valence-electron chi connectivity index (χ4n) is 1.44. The Balaban J connectivity index is 0.00000144. The van der Waals surface area contributed by atoms with Crippen molar-refractivity contribution in [2.45, 2.75) is 5.60 Å². The highest BCUT2D eigenvalue weighted by Gasteiger charge is 2.38. The van der Waals surface area contributed by atoms with Gasteiger partial charge in [-0.25, -0.2) is 4.39 Å². The van der Waals surface area contributed by atoms with Crippen LogP contribution in [-0.4, -0.2) is 20.1 Å². The average molecular weight is 221 g/mol. The molecule has 1 heterocycles. The minimum Gasteiger partial charge on any atom is -0.371 e. The summed E-state index contributed by atoms with van der Waals surface area (Å²) in [5.41, 5.74) is -0.164. The first kappa shape index (κ1) is 7.63. The van der Waals surface area contributed by atoms with E-state index in [0.717, 1.165) is 0 Å². The van der Waals surface area contributed by atoms with Gasteiger partial charge in [0, 0.05) is 20.1 Å². The first-order valence-corrected chi connectivity index (χ1v) is 4.08. The summed E-state index contributed by atoms with van der Waals surface area (Å²) in [6.07, 6.45) is 0. The Labute approximate surface area is 93.1 Å². The third-order valence-electron chi connectivity index (χ3n) is 2.39. The Kier molecular flexibility index (Phi) is 2.32. The fraction of sp³-hybridized carbons (Fsp3) is 0.400. The summed E-state index contributed by atoms with van der Waals surface area (Å²) in [7, 11) is -2.45. The number of hydrogen-bond acceptors (Lipinski definition) is 2. The van der Waals surface area contributed by atoms with Gasteiger partial charge >= 0.3 is 0 Å². The molecule has 1 saturated heterocycles. The van der Waals surface area contributed by atoms with Gasteiger partial charge in [-0.05, 0) is 17.7 Å². The van der Waals surface area contributed by atoms with Crippen LogP contribution in [0.5, 0.6) is 0 Å². The lowest BCUT2D eigenvalue weighted by molar-refractivity contribution is -0.0565. The van der Waals surface area contributed by atoms with Crippen LogP contribution in [0.3, 0.4) is 0 Å². The topological polar surface area (TPSA) is 21.3 Å². The summed E-state index contributed by atoms with van der Waals surface area (Å²) >= 11 is 0. The molecule has 0 unspecified atom stereocenters. The summed E-state index contributed by atoms with van der Waals surface area (Å²) < 4.78 is 39.2. The second-order valence-corrected chi connectivity index (χ2v) is 3.21. The van der Waals surface area contributed by atoms with E-state index in [9.17, 15) is 4.39 Å². The minimum atomic E-state index is -2.45. The molecule has 0 spiro atoms. The molecule has 0 amide bonds. The lowest BCUT2D eigenvalue weighted by atomic mass is 9.88. The molecular weight excluding hydrogens is 205 g/mol. The molecule has 1 fully saturated rings. The number of benzene rings is 1. The summed E-state index contributed by atoms with van der Waals surface area (Å²) in [4.78, 5) is 0. The van der Waals surface area contributed by atoms with Crippen LogP contribution in [0.2, 0.25) is 0 Å². The molecule has 0 aliphatic carbocycles. The van der Waals surface area contributed by atoms with E-state index in [4.69, 9.17) is 8.85 Å². The van der Waals surface area contributed by atoms with Crippen molar-refractivity contribution in [2.24, 2.45) is 0 Å². The maximum Gasteiger partial charge on any atom is 0.123 e. The molecule has 0 atom stereocenters. The summed E-state index contributed by atoms with van der Waals surface area (Å²) in [5, 5.41) is 2.97. The molecular formula is C10H13ClFNO. The summed E-state index contributed by atoms with van der Waals surface area (Å²) in [6, 6.07) is 5.72. The van der Waals surface area contributed by atoms with Crippen LogP contribution in [0, 0.1) is 5.82 Å². The Hall–Kier alpha value is -0.640. The van der Waals surface area contributed by atoms with Gasteiger partial charge in [-0.2, -0.15) is 0 Å². The Bertz CT molecular complexity index is 378. The van der Waals surface area contributed by atoms with E-state index in [1.54, 1.807) is 12.1 Å². The third-order valence-corrected chi connectivity index (χ3v) is 2.39. The molecule has 0 radical (unpaired) electrons. The van der Waals surface area contributed by atoms with E-state index in [2.05, 4.69) is 5.32 Å². The minimum absolute atomic E-state index is 0. The molecule has 14 heavy (non-hydrogen) atoms. The number of ether oxygens (including phenoxy) is 1. The molecule has 1 N–H and O–H groups in total. The second-order valence-electron chi connectivity index (χ2n) is 3.21. The zero-order chi connectivity index (χ0) is 11.8. The smallest absolute Gasteiger partial charge is 0.123 e. The van der Waals surface area contributed by atoms with Crippen LogP contribution in [0.4, 0.5) is 4.39 Å². The monoisotopic (exact) mass is 220 g/mol. The van der Waals surface area contributed by atoms with Gasteiger partial charge in [-0.1, -0.05) is 12.1 Å². The van der Waals surface area contributed by atoms with Gasteiger partial charge in [-0.3, -0.25) is 0 Å². The lowest BCUT2D eigenvalue weighted by Crippen LogP contribution is -2.57. The van der Waals surface area contributed by atoms with E-state index in [1.165, 1.54) is 12.1 Å². The van der Waals surface area contributed by atoms with Crippen molar-refractivity contribution in [1.29, 1.82) is 0 Å². The molecule has 4 heteroatoms. The van der Waals surface area contributed by atoms with Gasteiger partial charge in [0.1, 0.15) is 11.4 Å². The van der Waals surface area contributed by atoms with Gasteiger partial charge in [0.25, 0.3) is 0 Å². The van der Waals surface area contributed by atoms with Crippen molar-refractivity contribution in [1.82, 2.24) is 5.32 Å². The SMILES string of the molecule is Cl.[2H]C([2H])([2H])OC1(c2ccc(F)cc2)CNC1. The average Bonchev–Trinajstić information content (AvgIpc) is 2.11. The molecule has 1 aliphatic rings. The quantitative estimate of drug-likeness (QED) is 0.819. The van der Waals surface area contributed by atoms with Gasteiger partial charge in [0.15, 0.2) is 0 Å². The normalized spacial score (nSPS) is 22.2. The van der Waals surface area contributed by atoms with E-state index >= 15 is 0 Å². The van der Waals surface area contributed by atoms with Crippen molar-refractivity contribution < 1.29 is 13.2 Å². The molecule has 0 saturated carbocycles. The predicted octanol–water partition coefficient (Wildman–Crippen LogP) is 1.69. The maximum atomic E-state index is 12.8. The number of hydrogen-bond donors (Lipinski definition) is 1. The van der Waals surface area contributed by atoms with Gasteiger partial charge < -0.3 is 10.1 Å². The van der Waals surface area contributed by atoms with Gasteiger partial charge in [0.05, 0.1) is 4.11 Å². The highest BCUT2D eigenvalue weighted by molar-refractivity contribution is 5.85. The third kappa shape index (κ3) is 1.75. The van der Waals surface area contributed by atoms with E-state index in [-0.39, 0.29) is 18.2 Å². The number of methoxy groups -OCH3 is 1. The first-order valence-electron chi connectivity index (χ1n) is 5.58. The van der Waals surface area contributed by atoms with Gasteiger partial charge in [0.2, 0.25) is 0 Å². The highest BCUT2D eigenvalue weighted by Crippen LogP contribution is 2.28. The van der Waals surface area contributed by atoms with E-state index in [1.807, 2.05) is 0 Å². The van der Waals surface area contributed by atoms with Crippen LogP contribution < -0.4 is 5.32 Å². The molecule has 1 aromatic carbocycles. The predicted molar refractivity (Wildman–Crippen MR) is 55.2 cm³/mol. The van der Waals surface area contributed by atoms with E-state index in [0.29, 0.717) is 18.7 Å². The largest absolute Gasteiger partial charge is 0.371 e. The van der Waals surface area contributed by atoms with Crippen molar-refractivity contribution >= 4 is 12.4 Å². The Morgan fingerprint density at radius 3 is 2.50 bits per heavy atom. The highest BCUT2D eigenvalue weighted by atomic mass is 35.5. The fourth-order valence-corrected chi connectivity index (χ4v) is 1.44. The molecule has 2 nitrogen and oxygen atoms in total. The molecule has 78 valence electrons. The second kappa shape index (κ2) is 4.26. The molecule has 0 bridgehead atoms. The van der Waals surface area contributed by atoms with Crippen LogP contribution in [0.15, 0.2) is 24.3 Å². The van der Waals surface area contributed by atoms with Crippen molar-refractivity contribution in [3.05, 3.63) is 35.6 Å². The zero-order valence-electron chi connectivity index (χ0n) is 10.4. The molecule has 0 aromatic heterocycles. The van der Waals surface area contributed by atoms with E-state index < -0.39 is 12.6 Å². The Morgan fingerprint density at radius 1 is 1.43 bits per heavy atom. The zero-order valence-corrected chi connectivity index (χ0v) is 8.23. The lowest BCUT2D eigenvalue weighted by Gasteiger charge is -2.41. The summed E-state index contributed by atoms with van der Waals surface area (Å²) in [6.45, 7) is 0.855. The number of halogens is 2. The summed E-state index contributed by atoms with van der Waals surface area (Å²) in [5.74, 6) is -0.347. The van der Waals surface area contributed by atoms with Gasteiger partial charge in [-0.15, -0.1) is 12.4 Å². The number of rotatable bonds is 2. The van der Waals surface area contributed by atoms with Crippen LogP contribution in [-0.2, 0) is 10.3 Å². The Morgan fingerprint density at radius 2 is 2.07 bits per heavy atom. The van der Waals surface area contributed by atoms with Crippen molar-refractivity contribution in [3.8, 4) is 0 Å². The number of nitrogens with one attached hydrogen (secondary N) is 1. The first-order chi connectivity index (χ1) is 7.41. The molecule has 2 rings (SSSR count). The molecule has 1 aliphatic heterocycles. The van der Waals surface area contributed by atoms with Crippen LogP contribution in [0.25, 0.3) is 0 Å².